The third-order valence-corrected chi connectivity index (χ3v) is 9.37. The van der Waals surface area contributed by atoms with Gasteiger partial charge in [-0.15, -0.1) is 0 Å². The Balaban J connectivity index is 1.20. The first-order valence-corrected chi connectivity index (χ1v) is 15.6. The maximum absolute atomic E-state index is 12.9. The van der Waals surface area contributed by atoms with Gasteiger partial charge in [-0.25, -0.2) is 8.42 Å². The van der Waals surface area contributed by atoms with Crippen LogP contribution in [0.25, 0.3) is 0 Å². The second kappa shape index (κ2) is 12.2. The fourth-order valence-electron chi connectivity index (χ4n) is 5.75. The molecule has 3 saturated heterocycles. The molecule has 218 valence electrons. The summed E-state index contributed by atoms with van der Waals surface area (Å²) < 4.78 is 53.3. The number of hydrogen-bond acceptors (Lipinski definition) is 8. The van der Waals surface area contributed by atoms with Gasteiger partial charge in [0.25, 0.3) is 10.0 Å². The zero-order chi connectivity index (χ0) is 28.3. The van der Waals surface area contributed by atoms with Crippen molar-refractivity contribution in [3.63, 3.8) is 0 Å². The maximum atomic E-state index is 12.9. The van der Waals surface area contributed by atoms with Gasteiger partial charge in [0.15, 0.2) is 12.1 Å². The number of hydrogen-bond donors (Lipinski definition) is 2. The number of rotatable bonds is 8. The van der Waals surface area contributed by atoms with Crippen LogP contribution in [0.3, 0.4) is 0 Å². The lowest BCUT2D eigenvalue weighted by Gasteiger charge is -2.41. The van der Waals surface area contributed by atoms with Crippen LogP contribution in [0.2, 0.25) is 0 Å². The van der Waals surface area contributed by atoms with Crippen LogP contribution in [0.5, 0.6) is 0 Å². The van der Waals surface area contributed by atoms with E-state index in [1.165, 1.54) is 0 Å². The van der Waals surface area contributed by atoms with Crippen LogP contribution in [-0.2, 0) is 35.6 Å². The predicted octanol–water partition coefficient (Wildman–Crippen LogP) is 4.36. The lowest BCUT2D eigenvalue weighted by atomic mass is 9.98. The number of nitrogens with zero attached hydrogens (tertiary/aromatic N) is 1. The Morgan fingerprint density at radius 2 is 1.61 bits per heavy atom. The summed E-state index contributed by atoms with van der Waals surface area (Å²) in [7, 11) is -3.74. The summed E-state index contributed by atoms with van der Waals surface area (Å²) in [4.78, 5) is 2.58. The number of aliphatic hydroxyl groups is 1. The average Bonchev–Trinajstić information content (AvgIpc) is 3.46. The van der Waals surface area contributed by atoms with Crippen molar-refractivity contribution in [1.82, 2.24) is 4.90 Å². The van der Waals surface area contributed by atoms with Crippen LogP contribution in [-0.4, -0.2) is 63.2 Å². The van der Waals surface area contributed by atoms with Crippen LogP contribution in [0.15, 0.2) is 83.8 Å². The molecule has 3 atom stereocenters. The van der Waals surface area contributed by atoms with E-state index in [-0.39, 0.29) is 23.7 Å². The SMILES string of the molecule is O=S(=O)(Nc1cccc([C@@H]2O[C@H](CN3CCC4(CC3)OCCO4)C[C@H](c3ccc(CO)cc3)O2)c1)c1ccccc1. The standard InChI is InChI=1S/C31H36N2O7S/c34-22-23-9-11-24(12-10-23)29-20-27(21-33-15-13-31(14-16-33)37-17-18-38-31)39-30(40-29)25-5-4-6-26(19-25)32-41(35,36)28-7-2-1-3-8-28/h1-12,19,27,29-30,32,34H,13-18,20-22H2/t27-,29+,30+/m0/s1. The molecule has 6 rings (SSSR count). The topological polar surface area (TPSA) is 107 Å². The van der Waals surface area contributed by atoms with Gasteiger partial charge in [-0.2, -0.15) is 0 Å². The largest absolute Gasteiger partial charge is 0.392 e. The van der Waals surface area contributed by atoms with Crippen molar-refractivity contribution in [2.24, 2.45) is 0 Å². The van der Waals surface area contributed by atoms with Gasteiger partial charge < -0.3 is 29.0 Å². The monoisotopic (exact) mass is 580 g/mol. The van der Waals surface area contributed by atoms with Gasteiger partial charge in [0.2, 0.25) is 0 Å². The minimum absolute atomic E-state index is 0.0181. The van der Waals surface area contributed by atoms with Crippen LogP contribution in [0, 0.1) is 0 Å². The molecule has 10 heteroatoms. The maximum Gasteiger partial charge on any atom is 0.261 e. The second-order valence-corrected chi connectivity index (χ2v) is 12.5. The van der Waals surface area contributed by atoms with E-state index < -0.39 is 22.1 Å². The molecule has 3 fully saturated rings. The normalized spacial score (nSPS) is 24.9. The number of anilines is 1. The molecule has 3 aliphatic heterocycles. The van der Waals surface area contributed by atoms with Crippen molar-refractivity contribution < 1.29 is 32.5 Å². The van der Waals surface area contributed by atoms with Crippen molar-refractivity contribution in [3.8, 4) is 0 Å². The van der Waals surface area contributed by atoms with Crippen LogP contribution < -0.4 is 4.72 Å². The molecule has 3 aromatic carbocycles. The fraction of sp³-hybridized carbons (Fsp3) is 0.419. The zero-order valence-corrected chi connectivity index (χ0v) is 23.7. The third kappa shape index (κ3) is 6.65. The van der Waals surface area contributed by atoms with Crippen molar-refractivity contribution in [2.45, 2.75) is 55.0 Å². The molecule has 3 aliphatic rings. The Morgan fingerprint density at radius 3 is 2.32 bits per heavy atom. The zero-order valence-electron chi connectivity index (χ0n) is 22.9. The summed E-state index contributed by atoms with van der Waals surface area (Å²) in [6.07, 6.45) is 1.30. The summed E-state index contributed by atoms with van der Waals surface area (Å²) in [6.45, 7) is 3.75. The van der Waals surface area contributed by atoms with E-state index in [1.54, 1.807) is 48.5 Å². The molecule has 9 nitrogen and oxygen atoms in total. The number of ether oxygens (including phenoxy) is 4. The molecular formula is C31H36N2O7S. The van der Waals surface area contributed by atoms with Crippen molar-refractivity contribution >= 4 is 15.7 Å². The summed E-state index contributed by atoms with van der Waals surface area (Å²) in [5.74, 6) is -0.430. The van der Waals surface area contributed by atoms with Gasteiger partial charge in [0.05, 0.1) is 36.9 Å². The highest BCUT2D eigenvalue weighted by Crippen LogP contribution is 2.39. The second-order valence-electron chi connectivity index (χ2n) is 10.8. The van der Waals surface area contributed by atoms with Crippen LogP contribution in [0.1, 0.15) is 48.3 Å². The molecule has 2 N–H and O–H groups in total. The van der Waals surface area contributed by atoms with Crippen molar-refractivity contribution in [2.75, 3.05) is 37.6 Å². The Labute approximate surface area is 241 Å². The van der Waals surface area contributed by atoms with Crippen molar-refractivity contribution in [3.05, 3.63) is 95.6 Å². The summed E-state index contributed by atoms with van der Waals surface area (Å²) in [5.41, 5.74) is 3.01. The molecule has 41 heavy (non-hydrogen) atoms. The highest BCUT2D eigenvalue weighted by Gasteiger charge is 2.41. The fourth-order valence-corrected chi connectivity index (χ4v) is 6.82. The Hall–Kier alpha value is -2.83. The molecule has 0 saturated carbocycles. The van der Waals surface area contributed by atoms with E-state index >= 15 is 0 Å². The molecule has 0 radical (unpaired) electrons. The van der Waals surface area contributed by atoms with E-state index in [0.29, 0.717) is 25.3 Å². The lowest BCUT2D eigenvalue weighted by molar-refractivity contribution is -0.255. The number of likely N-dealkylation sites (tertiary alicyclic amines) is 1. The summed E-state index contributed by atoms with van der Waals surface area (Å²) >= 11 is 0. The molecule has 3 heterocycles. The molecule has 0 unspecified atom stereocenters. The molecule has 0 bridgehead atoms. The summed E-state index contributed by atoms with van der Waals surface area (Å²) in [6, 6.07) is 23.2. The van der Waals surface area contributed by atoms with Crippen LogP contribution in [0.4, 0.5) is 5.69 Å². The molecular weight excluding hydrogens is 544 g/mol. The average molecular weight is 581 g/mol. The van der Waals surface area contributed by atoms with E-state index in [2.05, 4.69) is 9.62 Å². The van der Waals surface area contributed by atoms with Crippen molar-refractivity contribution in [1.29, 1.82) is 0 Å². The number of sulfonamides is 1. The number of aliphatic hydroxyl groups excluding tert-OH is 1. The number of nitrogens with one attached hydrogen (secondary N) is 1. The lowest BCUT2D eigenvalue weighted by Crippen LogP contribution is -2.48. The third-order valence-electron chi connectivity index (χ3n) is 7.97. The first kappa shape index (κ1) is 28.3. The predicted molar refractivity (Wildman–Crippen MR) is 152 cm³/mol. The Morgan fingerprint density at radius 1 is 0.878 bits per heavy atom. The minimum atomic E-state index is -3.74. The van der Waals surface area contributed by atoms with E-state index in [0.717, 1.165) is 49.2 Å². The van der Waals surface area contributed by atoms with Gasteiger partial charge >= 0.3 is 0 Å². The number of piperidine rings is 1. The summed E-state index contributed by atoms with van der Waals surface area (Å²) in [5, 5.41) is 9.49. The van der Waals surface area contributed by atoms with Gasteiger partial charge in [-0.05, 0) is 35.4 Å². The van der Waals surface area contributed by atoms with Gasteiger partial charge in [0.1, 0.15) is 0 Å². The van der Waals surface area contributed by atoms with Gasteiger partial charge in [0, 0.05) is 50.1 Å². The van der Waals surface area contributed by atoms with E-state index in [4.69, 9.17) is 18.9 Å². The molecule has 3 aromatic rings. The number of benzene rings is 3. The highest BCUT2D eigenvalue weighted by atomic mass is 32.2. The molecule has 0 aromatic heterocycles. The molecule has 0 aliphatic carbocycles. The quantitative estimate of drug-likeness (QED) is 0.405. The Bertz CT molecular complexity index is 1400. The smallest absolute Gasteiger partial charge is 0.261 e. The van der Waals surface area contributed by atoms with Crippen LogP contribution >= 0.6 is 0 Å². The van der Waals surface area contributed by atoms with E-state index in [9.17, 15) is 13.5 Å². The molecule has 0 amide bonds. The van der Waals surface area contributed by atoms with E-state index in [1.807, 2.05) is 30.3 Å². The molecule has 1 spiro atoms. The Kier molecular flexibility index (Phi) is 8.41. The van der Waals surface area contributed by atoms with Gasteiger partial charge in [-0.1, -0.05) is 54.6 Å². The minimum Gasteiger partial charge on any atom is -0.392 e. The van der Waals surface area contributed by atoms with Gasteiger partial charge in [-0.3, -0.25) is 4.72 Å². The first-order valence-electron chi connectivity index (χ1n) is 14.1. The highest BCUT2D eigenvalue weighted by molar-refractivity contribution is 7.92. The first-order chi connectivity index (χ1) is 19.9.